The minimum Gasteiger partial charge on any atom is -0.488 e. The Bertz CT molecular complexity index is 1120. The summed E-state index contributed by atoms with van der Waals surface area (Å²) in [5, 5.41) is 9.65. The number of fused-ring (bicyclic) bond motifs is 1. The van der Waals surface area contributed by atoms with Gasteiger partial charge >= 0.3 is 0 Å². The topological polar surface area (TPSA) is 59.0 Å². The first-order chi connectivity index (χ1) is 15.3. The Kier molecular flexibility index (Phi) is 5.71. The fourth-order valence-electron chi connectivity index (χ4n) is 4.80. The molecule has 2 aromatic heterocycles. The largest absolute Gasteiger partial charge is 0.488 e. The fourth-order valence-corrected chi connectivity index (χ4v) is 4.80. The highest BCUT2D eigenvalue weighted by atomic mass is 16.5. The molecule has 3 heterocycles. The molecule has 0 aliphatic carbocycles. The van der Waals surface area contributed by atoms with E-state index in [0.717, 1.165) is 38.3 Å². The standard InChI is InChI=1S/C25H29N5O/c1-19-24(21-11-16-29(17-21)14-6-15-30-26-12-13-27-30)25-22(28-19)9-5-10-23(25)31-18-20-7-3-2-4-8-20/h2-5,7-10,12-13,21,28H,6,11,14-18H2,1H3. The van der Waals surface area contributed by atoms with Gasteiger partial charge in [-0.15, -0.1) is 0 Å². The minimum atomic E-state index is 0.526. The Morgan fingerprint density at radius 2 is 1.87 bits per heavy atom. The zero-order valence-corrected chi connectivity index (χ0v) is 18.0. The number of aromatic nitrogens is 4. The number of ether oxygens (including phenoxy) is 1. The maximum atomic E-state index is 6.30. The summed E-state index contributed by atoms with van der Waals surface area (Å²) in [7, 11) is 0. The molecule has 6 heteroatoms. The first-order valence-electron chi connectivity index (χ1n) is 11.1. The van der Waals surface area contributed by atoms with Crippen LogP contribution in [-0.2, 0) is 13.2 Å². The lowest BCUT2D eigenvalue weighted by atomic mass is 9.95. The van der Waals surface area contributed by atoms with Crippen molar-refractivity contribution in [1.29, 1.82) is 0 Å². The van der Waals surface area contributed by atoms with E-state index >= 15 is 0 Å². The lowest BCUT2D eigenvalue weighted by molar-refractivity contribution is 0.309. The number of nitrogens with one attached hydrogen (secondary N) is 1. The lowest BCUT2D eigenvalue weighted by Gasteiger charge is -2.17. The Balaban J connectivity index is 1.30. The van der Waals surface area contributed by atoms with Crippen LogP contribution in [0.1, 0.15) is 35.6 Å². The van der Waals surface area contributed by atoms with Gasteiger partial charge in [0.1, 0.15) is 12.4 Å². The summed E-state index contributed by atoms with van der Waals surface area (Å²) in [4.78, 5) is 7.94. The van der Waals surface area contributed by atoms with Crippen molar-refractivity contribution in [3.63, 3.8) is 0 Å². The molecule has 1 aliphatic rings. The van der Waals surface area contributed by atoms with E-state index in [0.29, 0.717) is 12.5 Å². The quantitative estimate of drug-likeness (QED) is 0.459. The summed E-state index contributed by atoms with van der Waals surface area (Å²) in [6.07, 6.45) is 5.73. The third-order valence-corrected chi connectivity index (χ3v) is 6.24. The average molecular weight is 416 g/mol. The summed E-state index contributed by atoms with van der Waals surface area (Å²) in [6, 6.07) is 16.7. The van der Waals surface area contributed by atoms with Crippen LogP contribution in [-0.4, -0.2) is 44.5 Å². The van der Waals surface area contributed by atoms with Gasteiger partial charge in [0.25, 0.3) is 0 Å². The van der Waals surface area contributed by atoms with Crippen LogP contribution in [0.15, 0.2) is 60.9 Å². The van der Waals surface area contributed by atoms with Gasteiger partial charge in [-0.2, -0.15) is 15.0 Å². The molecule has 6 nitrogen and oxygen atoms in total. The van der Waals surface area contributed by atoms with Gasteiger partial charge in [0.15, 0.2) is 0 Å². The highest BCUT2D eigenvalue weighted by Gasteiger charge is 2.28. The summed E-state index contributed by atoms with van der Waals surface area (Å²) in [6.45, 7) is 6.96. The van der Waals surface area contributed by atoms with Crippen LogP contribution in [0, 0.1) is 6.92 Å². The Hall–Kier alpha value is -3.12. The molecule has 0 saturated carbocycles. The number of aryl methyl sites for hydroxylation is 2. The third kappa shape index (κ3) is 4.35. The molecule has 5 rings (SSSR count). The number of benzene rings is 2. The zero-order valence-electron chi connectivity index (χ0n) is 18.0. The predicted molar refractivity (Wildman–Crippen MR) is 122 cm³/mol. The Labute approximate surface area is 182 Å². The second kappa shape index (κ2) is 8.94. The van der Waals surface area contributed by atoms with Gasteiger partial charge in [0, 0.05) is 29.1 Å². The van der Waals surface area contributed by atoms with E-state index in [-0.39, 0.29) is 0 Å². The van der Waals surface area contributed by atoms with Crippen molar-refractivity contribution >= 4 is 10.9 Å². The molecule has 4 aromatic rings. The number of hydrogen-bond donors (Lipinski definition) is 1. The molecule has 1 aliphatic heterocycles. The third-order valence-electron chi connectivity index (χ3n) is 6.24. The molecule has 0 bridgehead atoms. The molecule has 1 fully saturated rings. The molecule has 1 N–H and O–H groups in total. The number of H-pyrrole nitrogens is 1. The van der Waals surface area contributed by atoms with E-state index in [1.165, 1.54) is 34.1 Å². The van der Waals surface area contributed by atoms with Crippen LogP contribution < -0.4 is 4.74 Å². The number of nitrogens with zero attached hydrogens (tertiary/aromatic N) is 4. The molecule has 0 spiro atoms. The van der Waals surface area contributed by atoms with Crippen molar-refractivity contribution in [3.05, 3.63) is 77.7 Å². The molecule has 0 amide bonds. The number of likely N-dealkylation sites (tertiary alicyclic amines) is 1. The normalized spacial score (nSPS) is 16.9. The number of aromatic amines is 1. The maximum absolute atomic E-state index is 6.30. The lowest BCUT2D eigenvalue weighted by Crippen LogP contribution is -2.23. The smallest absolute Gasteiger partial charge is 0.129 e. The second-order valence-electron chi connectivity index (χ2n) is 8.38. The second-order valence-corrected chi connectivity index (χ2v) is 8.38. The monoisotopic (exact) mass is 415 g/mol. The highest BCUT2D eigenvalue weighted by molar-refractivity contribution is 5.91. The Morgan fingerprint density at radius 1 is 1.03 bits per heavy atom. The van der Waals surface area contributed by atoms with E-state index in [9.17, 15) is 0 Å². The van der Waals surface area contributed by atoms with Crippen LogP contribution in [0.4, 0.5) is 0 Å². The van der Waals surface area contributed by atoms with Gasteiger partial charge < -0.3 is 14.6 Å². The Morgan fingerprint density at radius 3 is 2.71 bits per heavy atom. The van der Waals surface area contributed by atoms with Gasteiger partial charge in [-0.05, 0) is 56.1 Å². The van der Waals surface area contributed by atoms with Crippen LogP contribution >= 0.6 is 0 Å². The first kappa shape index (κ1) is 19.8. The van der Waals surface area contributed by atoms with E-state index in [4.69, 9.17) is 4.74 Å². The predicted octanol–water partition coefficient (Wildman–Crippen LogP) is 4.53. The number of rotatable bonds is 8. The molecule has 1 saturated heterocycles. The average Bonchev–Trinajstić information content (AvgIpc) is 3.53. The van der Waals surface area contributed by atoms with Gasteiger partial charge in [-0.1, -0.05) is 36.4 Å². The minimum absolute atomic E-state index is 0.526. The first-order valence-corrected chi connectivity index (χ1v) is 11.1. The molecular weight excluding hydrogens is 386 g/mol. The van der Waals surface area contributed by atoms with Gasteiger partial charge in [0.05, 0.1) is 18.9 Å². The van der Waals surface area contributed by atoms with Crippen LogP contribution in [0.5, 0.6) is 5.75 Å². The van der Waals surface area contributed by atoms with E-state index in [1.54, 1.807) is 17.2 Å². The summed E-state index contributed by atoms with van der Waals surface area (Å²) < 4.78 is 6.30. The summed E-state index contributed by atoms with van der Waals surface area (Å²) in [5.41, 5.74) is 5.04. The highest BCUT2D eigenvalue weighted by Crippen LogP contribution is 2.39. The van der Waals surface area contributed by atoms with Gasteiger partial charge in [-0.25, -0.2) is 0 Å². The van der Waals surface area contributed by atoms with Crippen LogP contribution in [0.2, 0.25) is 0 Å². The van der Waals surface area contributed by atoms with E-state index in [2.05, 4.69) is 69.5 Å². The van der Waals surface area contributed by atoms with Crippen molar-refractivity contribution in [2.45, 2.75) is 38.8 Å². The summed E-state index contributed by atoms with van der Waals surface area (Å²) >= 11 is 0. The summed E-state index contributed by atoms with van der Waals surface area (Å²) in [5.74, 6) is 1.50. The van der Waals surface area contributed by atoms with Gasteiger partial charge in [-0.3, -0.25) is 0 Å². The van der Waals surface area contributed by atoms with Crippen molar-refractivity contribution in [1.82, 2.24) is 24.9 Å². The van der Waals surface area contributed by atoms with Crippen molar-refractivity contribution in [2.24, 2.45) is 0 Å². The fraction of sp³-hybridized carbons (Fsp3) is 0.360. The van der Waals surface area contributed by atoms with E-state index < -0.39 is 0 Å². The zero-order chi connectivity index (χ0) is 21.0. The molecule has 31 heavy (non-hydrogen) atoms. The van der Waals surface area contributed by atoms with Crippen molar-refractivity contribution < 1.29 is 4.74 Å². The number of hydrogen-bond acceptors (Lipinski definition) is 4. The van der Waals surface area contributed by atoms with Crippen molar-refractivity contribution in [3.8, 4) is 5.75 Å². The molecule has 1 atom stereocenters. The molecule has 1 unspecified atom stereocenters. The molecule has 2 aromatic carbocycles. The molecular formula is C25H29N5O. The van der Waals surface area contributed by atoms with E-state index in [1.807, 2.05) is 6.07 Å². The molecule has 0 radical (unpaired) electrons. The van der Waals surface area contributed by atoms with Crippen LogP contribution in [0.3, 0.4) is 0 Å². The van der Waals surface area contributed by atoms with Crippen molar-refractivity contribution in [2.75, 3.05) is 19.6 Å². The van der Waals surface area contributed by atoms with Gasteiger partial charge in [0.2, 0.25) is 0 Å². The molecule has 160 valence electrons. The SMILES string of the molecule is Cc1[nH]c2cccc(OCc3ccccc3)c2c1C1CCN(CCCn2nccn2)C1. The maximum Gasteiger partial charge on any atom is 0.129 e. The van der Waals surface area contributed by atoms with Crippen LogP contribution in [0.25, 0.3) is 10.9 Å².